The molecule has 1 amide bonds. The van der Waals surface area contributed by atoms with Crippen LogP contribution in [0.4, 0.5) is 0 Å². The van der Waals surface area contributed by atoms with Gasteiger partial charge >= 0.3 is 0 Å². The second-order valence-electron chi connectivity index (χ2n) is 6.39. The summed E-state index contributed by atoms with van der Waals surface area (Å²) in [6.45, 7) is 1.40. The SMILES string of the molecule is O=C(Cn1cnc2ccc(Br)cc2c1=O)N1CCCC(c2nccs2)C1. The van der Waals surface area contributed by atoms with E-state index in [0.29, 0.717) is 17.4 Å². The van der Waals surface area contributed by atoms with Crippen LogP contribution in [0.3, 0.4) is 0 Å². The number of hydrogen-bond acceptors (Lipinski definition) is 5. The minimum absolute atomic E-state index is 0.0128. The lowest BCUT2D eigenvalue weighted by atomic mass is 9.99. The average Bonchev–Trinajstić information content (AvgIpc) is 3.19. The summed E-state index contributed by atoms with van der Waals surface area (Å²) in [5, 5.41) is 3.56. The van der Waals surface area contributed by atoms with Gasteiger partial charge in [0.1, 0.15) is 6.54 Å². The second-order valence-corrected chi connectivity index (χ2v) is 8.23. The first-order valence-corrected chi connectivity index (χ1v) is 10.1. The summed E-state index contributed by atoms with van der Waals surface area (Å²) in [5.41, 5.74) is 0.432. The average molecular weight is 433 g/mol. The minimum atomic E-state index is -0.196. The Bertz CT molecular complexity index is 1000. The van der Waals surface area contributed by atoms with E-state index in [2.05, 4.69) is 25.9 Å². The number of nitrogens with zero attached hydrogens (tertiary/aromatic N) is 4. The standard InChI is InChI=1S/C18H17BrN4O2S/c19-13-3-4-15-14(8-13)18(25)23(11-21-15)10-16(24)22-6-1-2-12(9-22)17-20-5-7-26-17/h3-5,7-8,11-12H,1-2,6,9-10H2. The summed E-state index contributed by atoms with van der Waals surface area (Å²) < 4.78 is 2.21. The van der Waals surface area contributed by atoms with Crippen molar-refractivity contribution in [1.29, 1.82) is 0 Å². The molecule has 0 N–H and O–H groups in total. The highest BCUT2D eigenvalue weighted by molar-refractivity contribution is 9.10. The highest BCUT2D eigenvalue weighted by Crippen LogP contribution is 2.28. The quantitative estimate of drug-likeness (QED) is 0.637. The van der Waals surface area contributed by atoms with E-state index in [1.807, 2.05) is 16.3 Å². The predicted octanol–water partition coefficient (Wildman–Crippen LogP) is 3.02. The fraction of sp³-hybridized carbons (Fsp3) is 0.333. The largest absolute Gasteiger partial charge is 0.340 e. The molecule has 0 saturated carbocycles. The number of likely N-dealkylation sites (tertiary alicyclic amines) is 1. The lowest BCUT2D eigenvalue weighted by molar-refractivity contribution is -0.133. The fourth-order valence-corrected chi connectivity index (χ4v) is 4.46. The first-order chi connectivity index (χ1) is 12.6. The maximum absolute atomic E-state index is 12.8. The molecule has 2 aromatic heterocycles. The molecule has 3 heterocycles. The monoisotopic (exact) mass is 432 g/mol. The van der Waals surface area contributed by atoms with Gasteiger partial charge in [-0.15, -0.1) is 11.3 Å². The molecule has 134 valence electrons. The van der Waals surface area contributed by atoms with Gasteiger partial charge in [-0.05, 0) is 31.0 Å². The van der Waals surface area contributed by atoms with Crippen molar-refractivity contribution < 1.29 is 4.79 Å². The fourth-order valence-electron chi connectivity index (χ4n) is 3.33. The number of hydrogen-bond donors (Lipinski definition) is 0. The van der Waals surface area contributed by atoms with E-state index in [1.54, 1.807) is 29.7 Å². The molecule has 8 heteroatoms. The third-order valence-electron chi connectivity index (χ3n) is 4.67. The zero-order valence-electron chi connectivity index (χ0n) is 14.0. The van der Waals surface area contributed by atoms with Crippen molar-refractivity contribution in [2.45, 2.75) is 25.3 Å². The van der Waals surface area contributed by atoms with Crippen molar-refractivity contribution in [2.75, 3.05) is 13.1 Å². The number of amides is 1. The smallest absolute Gasteiger partial charge is 0.261 e. The van der Waals surface area contributed by atoms with Crippen molar-refractivity contribution in [3.8, 4) is 0 Å². The number of aromatic nitrogens is 3. The number of rotatable bonds is 3. The van der Waals surface area contributed by atoms with Crippen molar-refractivity contribution in [3.63, 3.8) is 0 Å². The number of benzene rings is 1. The van der Waals surface area contributed by atoms with Gasteiger partial charge in [0.2, 0.25) is 5.91 Å². The summed E-state index contributed by atoms with van der Waals surface area (Å²) in [4.78, 5) is 35.9. The summed E-state index contributed by atoms with van der Waals surface area (Å²) in [5.74, 6) is 0.236. The van der Waals surface area contributed by atoms with Gasteiger partial charge in [0, 0.05) is 35.1 Å². The summed E-state index contributed by atoms with van der Waals surface area (Å²) >= 11 is 5.01. The van der Waals surface area contributed by atoms with E-state index in [9.17, 15) is 9.59 Å². The number of thiazole rings is 1. The van der Waals surface area contributed by atoms with E-state index >= 15 is 0 Å². The Labute approximate surface area is 162 Å². The molecule has 4 rings (SSSR count). The Kier molecular flexibility index (Phi) is 4.86. The first kappa shape index (κ1) is 17.4. The predicted molar refractivity (Wildman–Crippen MR) is 104 cm³/mol. The molecule has 1 unspecified atom stereocenters. The lowest BCUT2D eigenvalue weighted by Gasteiger charge is -2.32. The molecule has 1 aliphatic heterocycles. The summed E-state index contributed by atoms with van der Waals surface area (Å²) in [7, 11) is 0. The molecule has 0 aliphatic carbocycles. The normalized spacial score (nSPS) is 17.6. The number of carbonyl (C=O) groups excluding carboxylic acids is 1. The molecule has 3 aromatic rings. The van der Waals surface area contributed by atoms with Gasteiger partial charge in [-0.2, -0.15) is 0 Å². The van der Waals surface area contributed by atoms with Crippen molar-refractivity contribution in [2.24, 2.45) is 0 Å². The lowest BCUT2D eigenvalue weighted by Crippen LogP contribution is -2.42. The molecule has 1 saturated heterocycles. The third kappa shape index (κ3) is 3.43. The maximum Gasteiger partial charge on any atom is 0.261 e. The maximum atomic E-state index is 12.8. The van der Waals surface area contributed by atoms with Crippen LogP contribution < -0.4 is 5.56 Å². The molecule has 1 aromatic carbocycles. The topological polar surface area (TPSA) is 68.1 Å². The molecule has 0 spiro atoms. The number of carbonyl (C=O) groups is 1. The van der Waals surface area contributed by atoms with Crippen LogP contribution in [0, 0.1) is 0 Å². The number of halogens is 1. The highest BCUT2D eigenvalue weighted by atomic mass is 79.9. The van der Waals surface area contributed by atoms with Crippen LogP contribution >= 0.6 is 27.3 Å². The van der Waals surface area contributed by atoms with Crippen LogP contribution in [0.5, 0.6) is 0 Å². The highest BCUT2D eigenvalue weighted by Gasteiger charge is 2.26. The number of piperidine rings is 1. The first-order valence-electron chi connectivity index (χ1n) is 8.43. The Morgan fingerprint density at radius 1 is 1.35 bits per heavy atom. The molecule has 1 atom stereocenters. The minimum Gasteiger partial charge on any atom is -0.340 e. The Morgan fingerprint density at radius 3 is 3.04 bits per heavy atom. The molecule has 6 nitrogen and oxygen atoms in total. The Balaban J connectivity index is 1.53. The van der Waals surface area contributed by atoms with E-state index in [0.717, 1.165) is 28.9 Å². The van der Waals surface area contributed by atoms with Crippen molar-refractivity contribution in [3.05, 3.63) is 55.9 Å². The van der Waals surface area contributed by atoms with Gasteiger partial charge in [-0.1, -0.05) is 15.9 Å². The zero-order valence-corrected chi connectivity index (χ0v) is 16.4. The van der Waals surface area contributed by atoms with Gasteiger partial charge < -0.3 is 4.90 Å². The third-order valence-corrected chi connectivity index (χ3v) is 6.10. The van der Waals surface area contributed by atoms with E-state index in [-0.39, 0.29) is 23.9 Å². The molecule has 26 heavy (non-hydrogen) atoms. The van der Waals surface area contributed by atoms with Gasteiger partial charge in [0.15, 0.2) is 0 Å². The van der Waals surface area contributed by atoms with Crippen molar-refractivity contribution >= 4 is 44.1 Å². The Hall–Kier alpha value is -2.06. The van der Waals surface area contributed by atoms with E-state index < -0.39 is 0 Å². The molecule has 1 aliphatic rings. The molecule has 0 bridgehead atoms. The van der Waals surface area contributed by atoms with Crippen LogP contribution in [0.15, 0.2) is 45.4 Å². The van der Waals surface area contributed by atoms with E-state index in [1.165, 1.54) is 10.9 Å². The molecule has 1 fully saturated rings. The van der Waals surface area contributed by atoms with Crippen LogP contribution in [0.2, 0.25) is 0 Å². The van der Waals surface area contributed by atoms with Crippen LogP contribution in [0.1, 0.15) is 23.8 Å². The van der Waals surface area contributed by atoms with Crippen LogP contribution in [-0.4, -0.2) is 38.4 Å². The van der Waals surface area contributed by atoms with Crippen molar-refractivity contribution in [1.82, 2.24) is 19.4 Å². The Morgan fingerprint density at radius 2 is 2.23 bits per heavy atom. The van der Waals surface area contributed by atoms with Gasteiger partial charge in [-0.3, -0.25) is 14.2 Å². The van der Waals surface area contributed by atoms with Gasteiger partial charge in [-0.25, -0.2) is 9.97 Å². The van der Waals surface area contributed by atoms with Crippen LogP contribution in [-0.2, 0) is 11.3 Å². The summed E-state index contributed by atoms with van der Waals surface area (Å²) in [6.07, 6.45) is 5.26. The summed E-state index contributed by atoms with van der Waals surface area (Å²) in [6, 6.07) is 5.37. The van der Waals surface area contributed by atoms with E-state index in [4.69, 9.17) is 0 Å². The zero-order chi connectivity index (χ0) is 18.1. The van der Waals surface area contributed by atoms with Gasteiger partial charge in [0.05, 0.1) is 22.2 Å². The molecular weight excluding hydrogens is 416 g/mol. The second kappa shape index (κ2) is 7.28. The van der Waals surface area contributed by atoms with Gasteiger partial charge in [0.25, 0.3) is 5.56 Å². The number of fused-ring (bicyclic) bond motifs is 1. The molecule has 0 radical (unpaired) electrons. The van der Waals surface area contributed by atoms with Crippen LogP contribution in [0.25, 0.3) is 10.9 Å². The molecular formula is C18H17BrN4O2S.